The van der Waals surface area contributed by atoms with Gasteiger partial charge in [0.1, 0.15) is 6.04 Å². The highest BCUT2D eigenvalue weighted by atomic mass is 19.4. The molecule has 0 aliphatic carbocycles. The number of anilines is 3. The molecule has 0 bridgehead atoms. The summed E-state index contributed by atoms with van der Waals surface area (Å²) in [7, 11) is 3.81. The normalized spacial score (nSPS) is 12.5. The fourth-order valence-corrected chi connectivity index (χ4v) is 3.51. The number of amides is 2. The van der Waals surface area contributed by atoms with Gasteiger partial charge < -0.3 is 26.6 Å². The minimum atomic E-state index is -4.45. The molecule has 3 aromatic carbocycles. The molecule has 3 rings (SSSR count). The van der Waals surface area contributed by atoms with Crippen LogP contribution in [0.1, 0.15) is 22.7 Å². The molecule has 0 aliphatic rings. The SMILES string of the molecule is CN(C)CCNC(C(=O)Nc1ccc(C(F)(F)F)cc1)c1ccc(C=CC(=O)Nc2ccccc2N)cc1. The number of nitrogens with one attached hydrogen (secondary N) is 3. The molecule has 200 valence electrons. The molecule has 0 aliphatic heterocycles. The Morgan fingerprint density at radius 2 is 1.61 bits per heavy atom. The fraction of sp³-hybridized carbons (Fsp3) is 0.214. The second kappa shape index (κ2) is 12.9. The Labute approximate surface area is 219 Å². The predicted octanol–water partition coefficient (Wildman–Crippen LogP) is 4.77. The van der Waals surface area contributed by atoms with Gasteiger partial charge in [-0.3, -0.25) is 9.59 Å². The van der Waals surface area contributed by atoms with Crippen molar-refractivity contribution < 1.29 is 22.8 Å². The Balaban J connectivity index is 1.70. The van der Waals surface area contributed by atoms with E-state index in [4.69, 9.17) is 5.73 Å². The molecule has 5 N–H and O–H groups in total. The summed E-state index contributed by atoms with van der Waals surface area (Å²) in [5.41, 5.74) is 7.68. The molecule has 7 nitrogen and oxygen atoms in total. The third kappa shape index (κ3) is 8.46. The van der Waals surface area contributed by atoms with Crippen molar-refractivity contribution >= 4 is 35.0 Å². The highest BCUT2D eigenvalue weighted by Gasteiger charge is 2.30. The van der Waals surface area contributed by atoms with Crippen LogP contribution in [-0.2, 0) is 15.8 Å². The van der Waals surface area contributed by atoms with Crippen molar-refractivity contribution in [1.29, 1.82) is 0 Å². The van der Waals surface area contributed by atoms with Crippen LogP contribution in [0, 0.1) is 0 Å². The first-order chi connectivity index (χ1) is 18.0. The van der Waals surface area contributed by atoms with Gasteiger partial charge in [-0.1, -0.05) is 36.4 Å². The largest absolute Gasteiger partial charge is 0.416 e. The Morgan fingerprint density at radius 1 is 0.947 bits per heavy atom. The zero-order chi connectivity index (χ0) is 27.7. The molecule has 38 heavy (non-hydrogen) atoms. The lowest BCUT2D eigenvalue weighted by Gasteiger charge is -2.20. The summed E-state index contributed by atoms with van der Waals surface area (Å²) >= 11 is 0. The molecule has 0 radical (unpaired) electrons. The van der Waals surface area contributed by atoms with Gasteiger partial charge in [0.05, 0.1) is 16.9 Å². The number of hydrogen-bond donors (Lipinski definition) is 4. The van der Waals surface area contributed by atoms with E-state index in [2.05, 4.69) is 16.0 Å². The van der Waals surface area contributed by atoms with E-state index in [-0.39, 0.29) is 11.6 Å². The molecule has 1 atom stereocenters. The van der Waals surface area contributed by atoms with Crippen molar-refractivity contribution in [2.24, 2.45) is 0 Å². The van der Waals surface area contributed by atoms with Gasteiger partial charge in [-0.2, -0.15) is 13.2 Å². The molecule has 0 fully saturated rings. The summed E-state index contributed by atoms with van der Waals surface area (Å²) < 4.78 is 38.5. The van der Waals surface area contributed by atoms with Crippen molar-refractivity contribution in [1.82, 2.24) is 10.2 Å². The lowest BCUT2D eigenvalue weighted by molar-refractivity contribution is -0.137. The van der Waals surface area contributed by atoms with Gasteiger partial charge in [0.15, 0.2) is 0 Å². The van der Waals surface area contributed by atoms with Crippen LogP contribution in [0.2, 0.25) is 0 Å². The van der Waals surface area contributed by atoms with Crippen molar-refractivity contribution in [2.45, 2.75) is 12.2 Å². The number of likely N-dealkylation sites (N-methyl/N-ethyl adjacent to an activating group) is 1. The first-order valence-electron chi connectivity index (χ1n) is 11.8. The summed E-state index contributed by atoms with van der Waals surface area (Å²) in [6, 6.07) is 17.5. The average Bonchev–Trinajstić information content (AvgIpc) is 2.87. The monoisotopic (exact) mass is 525 g/mol. The van der Waals surface area contributed by atoms with Crippen LogP contribution in [0.3, 0.4) is 0 Å². The molecule has 0 aromatic heterocycles. The van der Waals surface area contributed by atoms with Gasteiger partial charge in [0, 0.05) is 24.9 Å². The minimum absolute atomic E-state index is 0.257. The van der Waals surface area contributed by atoms with Crippen LogP contribution in [0.4, 0.5) is 30.2 Å². The number of alkyl halides is 3. The second-order valence-electron chi connectivity index (χ2n) is 8.83. The van der Waals surface area contributed by atoms with Crippen molar-refractivity contribution in [3.05, 3.63) is 95.6 Å². The van der Waals surface area contributed by atoms with E-state index < -0.39 is 23.7 Å². The van der Waals surface area contributed by atoms with Crippen LogP contribution in [0.15, 0.2) is 78.9 Å². The molecule has 2 amide bonds. The molecule has 0 spiro atoms. The Kier molecular flexibility index (Phi) is 9.64. The quantitative estimate of drug-likeness (QED) is 0.226. The van der Waals surface area contributed by atoms with E-state index in [9.17, 15) is 22.8 Å². The molecule has 0 saturated heterocycles. The minimum Gasteiger partial charge on any atom is -0.397 e. The van der Waals surface area contributed by atoms with Gasteiger partial charge >= 0.3 is 6.18 Å². The van der Waals surface area contributed by atoms with E-state index in [0.29, 0.717) is 30.0 Å². The second-order valence-corrected chi connectivity index (χ2v) is 8.83. The topological polar surface area (TPSA) is 99.5 Å². The van der Waals surface area contributed by atoms with Gasteiger partial charge in [0.25, 0.3) is 0 Å². The number of benzene rings is 3. The van der Waals surface area contributed by atoms with E-state index in [1.165, 1.54) is 18.2 Å². The average molecular weight is 526 g/mol. The molecule has 10 heteroatoms. The van der Waals surface area contributed by atoms with Crippen LogP contribution in [0.5, 0.6) is 0 Å². The van der Waals surface area contributed by atoms with Gasteiger partial charge in [0.2, 0.25) is 11.8 Å². The van der Waals surface area contributed by atoms with Crippen LogP contribution >= 0.6 is 0 Å². The smallest absolute Gasteiger partial charge is 0.397 e. The summed E-state index contributed by atoms with van der Waals surface area (Å²) in [6.07, 6.45) is -1.44. The van der Waals surface area contributed by atoms with E-state index in [1.807, 2.05) is 19.0 Å². The first-order valence-corrected chi connectivity index (χ1v) is 11.8. The maximum Gasteiger partial charge on any atom is 0.416 e. The number of nitrogen functional groups attached to an aromatic ring is 1. The van der Waals surface area contributed by atoms with Crippen LogP contribution in [-0.4, -0.2) is 43.9 Å². The summed E-state index contributed by atoms with van der Waals surface area (Å²) in [4.78, 5) is 27.3. The molecule has 3 aromatic rings. The van der Waals surface area contributed by atoms with Crippen molar-refractivity contribution in [2.75, 3.05) is 43.6 Å². The highest BCUT2D eigenvalue weighted by Crippen LogP contribution is 2.30. The van der Waals surface area contributed by atoms with E-state index >= 15 is 0 Å². The molecule has 0 heterocycles. The maximum absolute atomic E-state index is 13.1. The van der Waals surface area contributed by atoms with Crippen LogP contribution < -0.4 is 21.7 Å². The third-order valence-electron chi connectivity index (χ3n) is 5.57. The third-order valence-corrected chi connectivity index (χ3v) is 5.57. The lowest BCUT2D eigenvalue weighted by Crippen LogP contribution is -2.36. The number of nitrogens with zero attached hydrogens (tertiary/aromatic N) is 1. The summed E-state index contributed by atoms with van der Waals surface area (Å²) in [5.74, 6) is -0.752. The number of para-hydroxylation sites is 2. The van der Waals surface area contributed by atoms with Gasteiger partial charge in [-0.15, -0.1) is 0 Å². The zero-order valence-corrected chi connectivity index (χ0v) is 21.0. The summed E-state index contributed by atoms with van der Waals surface area (Å²) in [5, 5.41) is 8.59. The number of rotatable bonds is 10. The van der Waals surface area contributed by atoms with Gasteiger partial charge in [-0.25, -0.2) is 0 Å². The predicted molar refractivity (Wildman–Crippen MR) is 144 cm³/mol. The molecule has 1 unspecified atom stereocenters. The molecule has 0 saturated carbocycles. The van der Waals surface area contributed by atoms with Crippen LogP contribution in [0.25, 0.3) is 6.08 Å². The zero-order valence-electron chi connectivity index (χ0n) is 21.0. The van der Waals surface area contributed by atoms with E-state index in [1.54, 1.807) is 54.6 Å². The number of halogens is 3. The number of carbonyl (C=O) groups excluding carboxylic acids is 2. The number of carbonyl (C=O) groups is 2. The maximum atomic E-state index is 13.1. The molecular formula is C28H30F3N5O2. The molecular weight excluding hydrogens is 495 g/mol. The van der Waals surface area contributed by atoms with Crippen molar-refractivity contribution in [3.8, 4) is 0 Å². The number of nitrogens with two attached hydrogens (primary N) is 1. The van der Waals surface area contributed by atoms with Gasteiger partial charge in [-0.05, 0) is 67.7 Å². The summed E-state index contributed by atoms with van der Waals surface area (Å²) in [6.45, 7) is 1.18. The number of hydrogen-bond acceptors (Lipinski definition) is 5. The standard InChI is InChI=1S/C28H30F3N5O2/c1-36(2)18-17-33-26(27(38)34-22-14-12-21(13-15-22)28(29,30)31)20-10-7-19(8-11-20)9-16-25(37)35-24-6-4-3-5-23(24)32/h3-16,26,33H,17-18,32H2,1-2H3,(H,34,38)(H,35,37). The Hall–Kier alpha value is -4.15. The Morgan fingerprint density at radius 3 is 2.21 bits per heavy atom. The lowest BCUT2D eigenvalue weighted by atomic mass is 10.0. The first kappa shape index (κ1) is 28.4. The fourth-order valence-electron chi connectivity index (χ4n) is 3.51. The highest BCUT2D eigenvalue weighted by molar-refractivity contribution is 6.03. The Bertz CT molecular complexity index is 1260. The van der Waals surface area contributed by atoms with E-state index in [0.717, 1.165) is 17.7 Å². The van der Waals surface area contributed by atoms with Crippen molar-refractivity contribution in [3.63, 3.8) is 0 Å².